The predicted octanol–water partition coefficient (Wildman–Crippen LogP) is 3.32. The van der Waals surface area contributed by atoms with Crippen molar-refractivity contribution in [2.45, 2.75) is 38.1 Å². The minimum Gasteiger partial charge on any atom is -0.496 e. The van der Waals surface area contributed by atoms with Crippen LogP contribution in [0.2, 0.25) is 0 Å². The van der Waals surface area contributed by atoms with Crippen molar-refractivity contribution in [2.24, 2.45) is 0 Å². The topological polar surface area (TPSA) is 42.4 Å². The Kier molecular flexibility index (Phi) is 5.28. The molecule has 1 aliphatic rings. The zero-order valence-electron chi connectivity index (χ0n) is 13.4. The summed E-state index contributed by atoms with van der Waals surface area (Å²) in [6, 6.07) is 8.37. The Labute approximate surface area is 141 Å². The first-order chi connectivity index (χ1) is 11.3. The van der Waals surface area contributed by atoms with Crippen LogP contribution in [0, 0.1) is 0 Å². The summed E-state index contributed by atoms with van der Waals surface area (Å²) in [4.78, 5) is 18.9. The van der Waals surface area contributed by atoms with Crippen molar-refractivity contribution in [3.05, 3.63) is 46.4 Å². The summed E-state index contributed by atoms with van der Waals surface area (Å²) in [6.07, 6.45) is 4.31. The number of para-hydroxylation sites is 1. The molecule has 23 heavy (non-hydrogen) atoms. The molecule has 1 saturated heterocycles. The number of thiazole rings is 1. The van der Waals surface area contributed by atoms with E-state index in [0.717, 1.165) is 43.7 Å². The number of amides is 1. The molecule has 1 unspecified atom stereocenters. The van der Waals surface area contributed by atoms with Gasteiger partial charge in [0.05, 0.1) is 18.3 Å². The average molecular weight is 330 g/mol. The maximum Gasteiger partial charge on any atom is 0.223 e. The van der Waals surface area contributed by atoms with Crippen molar-refractivity contribution in [1.29, 1.82) is 0 Å². The molecule has 122 valence electrons. The van der Waals surface area contributed by atoms with Crippen LogP contribution in [-0.2, 0) is 17.6 Å². The maximum absolute atomic E-state index is 12.6. The summed E-state index contributed by atoms with van der Waals surface area (Å²) in [5, 5.41) is 2.02. The molecular formula is C18H22N2O2S. The zero-order chi connectivity index (χ0) is 16.1. The summed E-state index contributed by atoms with van der Waals surface area (Å²) in [5.74, 6) is 1.16. The number of aromatic nitrogens is 1. The van der Waals surface area contributed by atoms with E-state index < -0.39 is 0 Å². The predicted molar refractivity (Wildman–Crippen MR) is 91.9 cm³/mol. The van der Waals surface area contributed by atoms with Crippen molar-refractivity contribution in [2.75, 3.05) is 13.7 Å². The lowest BCUT2D eigenvalue weighted by Gasteiger charge is -2.25. The number of rotatable bonds is 6. The number of hydrogen-bond acceptors (Lipinski definition) is 4. The minimum atomic E-state index is 0.246. The lowest BCUT2D eigenvalue weighted by atomic mass is 10.0. The third-order valence-electron chi connectivity index (χ3n) is 4.42. The minimum absolute atomic E-state index is 0.246. The molecule has 3 rings (SSSR count). The first-order valence-electron chi connectivity index (χ1n) is 8.06. The number of aryl methyl sites for hydroxylation is 1. The third kappa shape index (κ3) is 3.91. The number of hydrogen-bond donors (Lipinski definition) is 0. The Hall–Kier alpha value is -1.88. The van der Waals surface area contributed by atoms with E-state index in [-0.39, 0.29) is 11.9 Å². The lowest BCUT2D eigenvalue weighted by Crippen LogP contribution is -2.37. The van der Waals surface area contributed by atoms with Gasteiger partial charge in [-0.05, 0) is 37.3 Å². The fourth-order valence-corrected chi connectivity index (χ4v) is 3.83. The molecule has 1 atom stereocenters. The van der Waals surface area contributed by atoms with Crippen LogP contribution >= 0.6 is 11.3 Å². The number of carbonyl (C=O) groups excluding carboxylic acids is 1. The molecule has 2 heterocycles. The summed E-state index contributed by atoms with van der Waals surface area (Å²) in [6.45, 7) is 0.871. The number of ether oxygens (including phenoxy) is 1. The SMILES string of the molecule is COc1ccccc1CC1CCCN1C(=O)CCc1cscn1. The average Bonchev–Trinajstić information content (AvgIpc) is 3.25. The third-order valence-corrected chi connectivity index (χ3v) is 5.06. The summed E-state index contributed by atoms with van der Waals surface area (Å²) in [5.41, 5.74) is 4.02. The van der Waals surface area contributed by atoms with Gasteiger partial charge in [0.1, 0.15) is 5.75 Å². The van der Waals surface area contributed by atoms with Crippen LogP contribution in [0.25, 0.3) is 0 Å². The van der Waals surface area contributed by atoms with E-state index in [9.17, 15) is 4.79 Å². The molecule has 0 saturated carbocycles. The van der Waals surface area contributed by atoms with Crippen LogP contribution in [0.4, 0.5) is 0 Å². The van der Waals surface area contributed by atoms with Crippen LogP contribution in [0.15, 0.2) is 35.2 Å². The van der Waals surface area contributed by atoms with E-state index in [1.807, 2.05) is 29.1 Å². The van der Waals surface area contributed by atoms with Crippen LogP contribution in [-0.4, -0.2) is 35.5 Å². The molecule has 0 N–H and O–H groups in total. The van der Waals surface area contributed by atoms with E-state index in [4.69, 9.17) is 4.74 Å². The van der Waals surface area contributed by atoms with Crippen molar-refractivity contribution in [3.63, 3.8) is 0 Å². The van der Waals surface area contributed by atoms with Gasteiger partial charge in [-0.25, -0.2) is 4.98 Å². The van der Waals surface area contributed by atoms with Gasteiger partial charge in [0, 0.05) is 24.4 Å². The van der Waals surface area contributed by atoms with Crippen molar-refractivity contribution in [1.82, 2.24) is 9.88 Å². The fraction of sp³-hybridized carbons (Fsp3) is 0.444. The standard InChI is InChI=1S/C18H22N2O2S/c1-22-17-7-3-2-5-14(17)11-16-6-4-10-20(16)18(21)9-8-15-12-23-13-19-15/h2-3,5,7,12-13,16H,4,6,8-11H2,1H3. The van der Waals surface area contributed by atoms with Gasteiger partial charge in [0.15, 0.2) is 0 Å². The van der Waals surface area contributed by atoms with Gasteiger partial charge in [0.25, 0.3) is 0 Å². The molecule has 1 fully saturated rings. The fourth-order valence-electron chi connectivity index (χ4n) is 3.24. The summed E-state index contributed by atoms with van der Waals surface area (Å²) < 4.78 is 5.44. The van der Waals surface area contributed by atoms with Gasteiger partial charge < -0.3 is 9.64 Å². The highest BCUT2D eigenvalue weighted by Crippen LogP contribution is 2.26. The molecule has 1 aromatic heterocycles. The largest absolute Gasteiger partial charge is 0.496 e. The van der Waals surface area contributed by atoms with Gasteiger partial charge in [-0.3, -0.25) is 4.79 Å². The Morgan fingerprint density at radius 2 is 2.30 bits per heavy atom. The molecule has 0 radical (unpaired) electrons. The van der Waals surface area contributed by atoms with Gasteiger partial charge in [-0.1, -0.05) is 18.2 Å². The highest BCUT2D eigenvalue weighted by Gasteiger charge is 2.29. The molecule has 5 heteroatoms. The second kappa shape index (κ2) is 7.59. The van der Waals surface area contributed by atoms with Crippen molar-refractivity contribution >= 4 is 17.2 Å². The second-order valence-corrected chi connectivity index (χ2v) is 6.60. The van der Waals surface area contributed by atoms with Crippen molar-refractivity contribution in [3.8, 4) is 5.75 Å². The number of carbonyl (C=O) groups is 1. The van der Waals surface area contributed by atoms with Gasteiger partial charge in [-0.2, -0.15) is 0 Å². The quantitative estimate of drug-likeness (QED) is 0.816. The normalized spacial score (nSPS) is 17.4. The molecule has 2 aromatic rings. The van der Waals surface area contributed by atoms with E-state index in [2.05, 4.69) is 16.0 Å². The molecule has 0 spiro atoms. The first-order valence-corrected chi connectivity index (χ1v) is 9.00. The Morgan fingerprint density at radius 1 is 1.43 bits per heavy atom. The Morgan fingerprint density at radius 3 is 3.09 bits per heavy atom. The van der Waals surface area contributed by atoms with Crippen LogP contribution in [0.1, 0.15) is 30.5 Å². The molecule has 4 nitrogen and oxygen atoms in total. The van der Waals surface area contributed by atoms with Crippen LogP contribution in [0.5, 0.6) is 5.75 Å². The Bertz CT molecular complexity index is 642. The highest BCUT2D eigenvalue weighted by atomic mass is 32.1. The van der Waals surface area contributed by atoms with Crippen molar-refractivity contribution < 1.29 is 9.53 Å². The summed E-state index contributed by atoms with van der Waals surface area (Å²) in [7, 11) is 1.70. The number of nitrogens with zero attached hydrogens (tertiary/aromatic N) is 2. The Balaban J connectivity index is 1.61. The van der Waals surface area contributed by atoms with E-state index in [0.29, 0.717) is 6.42 Å². The summed E-state index contributed by atoms with van der Waals surface area (Å²) >= 11 is 1.58. The smallest absolute Gasteiger partial charge is 0.223 e. The van der Waals surface area contributed by atoms with Gasteiger partial charge >= 0.3 is 0 Å². The number of methoxy groups -OCH3 is 1. The lowest BCUT2D eigenvalue weighted by molar-refractivity contribution is -0.131. The molecule has 0 bridgehead atoms. The molecule has 1 aromatic carbocycles. The van der Waals surface area contributed by atoms with E-state index in [1.165, 1.54) is 5.56 Å². The van der Waals surface area contributed by atoms with Crippen LogP contribution < -0.4 is 4.74 Å². The van der Waals surface area contributed by atoms with Crippen LogP contribution in [0.3, 0.4) is 0 Å². The van der Waals surface area contributed by atoms with E-state index >= 15 is 0 Å². The maximum atomic E-state index is 12.6. The zero-order valence-corrected chi connectivity index (χ0v) is 14.2. The second-order valence-electron chi connectivity index (χ2n) is 5.88. The first kappa shape index (κ1) is 16.0. The number of benzene rings is 1. The molecule has 0 aliphatic carbocycles. The molecule has 1 amide bonds. The highest BCUT2D eigenvalue weighted by molar-refractivity contribution is 7.07. The monoisotopic (exact) mass is 330 g/mol. The van der Waals surface area contributed by atoms with E-state index in [1.54, 1.807) is 18.4 Å². The molecule has 1 aliphatic heterocycles. The van der Waals surface area contributed by atoms with Gasteiger partial charge in [-0.15, -0.1) is 11.3 Å². The molecular weight excluding hydrogens is 308 g/mol. The number of likely N-dealkylation sites (tertiary alicyclic amines) is 1. The van der Waals surface area contributed by atoms with Gasteiger partial charge in [0.2, 0.25) is 5.91 Å².